The van der Waals surface area contributed by atoms with Crippen LogP contribution in [0.15, 0.2) is 24.3 Å². The van der Waals surface area contributed by atoms with Gasteiger partial charge in [0, 0.05) is 6.42 Å². The van der Waals surface area contributed by atoms with E-state index in [4.69, 9.17) is 5.11 Å². The van der Waals surface area contributed by atoms with Gasteiger partial charge in [0.2, 0.25) is 0 Å². The molecule has 1 rings (SSSR count). The zero-order valence-electron chi connectivity index (χ0n) is 15.9. The number of carboxylic acid groups (broad SMARTS) is 1. The predicted molar refractivity (Wildman–Crippen MR) is 103 cm³/mol. The van der Waals surface area contributed by atoms with Gasteiger partial charge in [0.05, 0.1) is 0 Å². The molecule has 1 N–H and O–H groups in total. The lowest BCUT2D eigenvalue weighted by Gasteiger charge is -2.21. The normalized spacial score (nSPS) is 22.6. The summed E-state index contributed by atoms with van der Waals surface area (Å²) in [6.45, 7) is 4.59. The van der Waals surface area contributed by atoms with Gasteiger partial charge in [-0.1, -0.05) is 70.3 Å². The molecular weight excluding hydrogens is 296 g/mol. The summed E-state index contributed by atoms with van der Waals surface area (Å²) in [5.74, 6) is 1.44. The minimum Gasteiger partial charge on any atom is -0.481 e. The van der Waals surface area contributed by atoms with E-state index in [1.165, 1.54) is 57.8 Å². The molecule has 0 aromatic rings. The van der Waals surface area contributed by atoms with Crippen LogP contribution in [0, 0.1) is 17.8 Å². The van der Waals surface area contributed by atoms with Crippen LogP contribution in [0.25, 0.3) is 0 Å². The van der Waals surface area contributed by atoms with Crippen LogP contribution < -0.4 is 0 Å². The van der Waals surface area contributed by atoms with E-state index >= 15 is 0 Å². The molecule has 1 aliphatic carbocycles. The largest absolute Gasteiger partial charge is 0.481 e. The third-order valence-corrected chi connectivity index (χ3v) is 5.36. The molecular formula is C22H38O2. The third-order valence-electron chi connectivity index (χ3n) is 5.36. The number of carbonyl (C=O) groups is 1. The van der Waals surface area contributed by atoms with Crippen molar-refractivity contribution in [2.75, 3.05) is 0 Å². The number of aliphatic carboxylic acids is 1. The molecule has 0 aromatic carbocycles. The lowest BCUT2D eigenvalue weighted by molar-refractivity contribution is -0.137. The van der Waals surface area contributed by atoms with Gasteiger partial charge >= 0.3 is 5.97 Å². The summed E-state index contributed by atoms with van der Waals surface area (Å²) >= 11 is 0. The first-order chi connectivity index (χ1) is 11.6. The van der Waals surface area contributed by atoms with Crippen LogP contribution >= 0.6 is 0 Å². The molecule has 1 fully saturated rings. The smallest absolute Gasteiger partial charge is 0.303 e. The Morgan fingerprint density at radius 1 is 1.08 bits per heavy atom. The Morgan fingerprint density at radius 3 is 2.58 bits per heavy atom. The number of carboxylic acids is 1. The predicted octanol–water partition coefficient (Wildman–Crippen LogP) is 6.77. The zero-order valence-corrected chi connectivity index (χ0v) is 15.9. The molecule has 0 aromatic heterocycles. The molecule has 1 aliphatic rings. The van der Waals surface area contributed by atoms with Gasteiger partial charge in [-0.25, -0.2) is 0 Å². The van der Waals surface area contributed by atoms with E-state index in [2.05, 4.69) is 38.2 Å². The summed E-state index contributed by atoms with van der Waals surface area (Å²) in [4.78, 5) is 10.5. The summed E-state index contributed by atoms with van der Waals surface area (Å²) in [6.07, 6.45) is 23.5. The van der Waals surface area contributed by atoms with Gasteiger partial charge in [0.25, 0.3) is 0 Å². The Kier molecular flexibility index (Phi) is 11.6. The van der Waals surface area contributed by atoms with Gasteiger partial charge in [-0.05, 0) is 56.3 Å². The van der Waals surface area contributed by atoms with Crippen molar-refractivity contribution < 1.29 is 9.90 Å². The topological polar surface area (TPSA) is 37.3 Å². The van der Waals surface area contributed by atoms with Gasteiger partial charge in [-0.2, -0.15) is 0 Å². The van der Waals surface area contributed by atoms with E-state index in [0.717, 1.165) is 24.7 Å². The lowest BCUT2D eigenvalue weighted by atomic mass is 9.84. The maximum absolute atomic E-state index is 10.5. The van der Waals surface area contributed by atoms with Crippen LogP contribution in [0.3, 0.4) is 0 Å². The first-order valence-corrected chi connectivity index (χ1v) is 10.2. The van der Waals surface area contributed by atoms with Crippen LogP contribution in [0.5, 0.6) is 0 Å². The SMILES string of the molecule is CCCCCCCC=C[C@H]1CCC[C@@H]1C(C)C=CCCCC(=O)O. The van der Waals surface area contributed by atoms with Crippen molar-refractivity contribution in [2.24, 2.45) is 17.8 Å². The summed E-state index contributed by atoms with van der Waals surface area (Å²) in [5, 5.41) is 8.66. The molecule has 0 bridgehead atoms. The zero-order chi connectivity index (χ0) is 17.6. The molecule has 3 atom stereocenters. The Bertz CT molecular complexity index is 383. The van der Waals surface area contributed by atoms with E-state index in [-0.39, 0.29) is 6.42 Å². The average molecular weight is 335 g/mol. The fourth-order valence-corrected chi connectivity index (χ4v) is 3.87. The van der Waals surface area contributed by atoms with Crippen LogP contribution in [0.4, 0.5) is 0 Å². The lowest BCUT2D eigenvalue weighted by Crippen LogP contribution is -2.13. The molecule has 24 heavy (non-hydrogen) atoms. The number of allylic oxidation sites excluding steroid dienone is 4. The standard InChI is InChI=1S/C22H38O2/c1-3-4-5-6-7-8-11-15-20-16-13-17-21(20)19(2)14-10-9-12-18-22(23)24/h10-11,14-15,19-21H,3-9,12-13,16-18H2,1-2H3,(H,23,24)/t19?,20-,21+/m0/s1. The highest BCUT2D eigenvalue weighted by molar-refractivity contribution is 5.66. The fraction of sp³-hybridized carbons (Fsp3) is 0.773. The first kappa shape index (κ1) is 21.0. The summed E-state index contributed by atoms with van der Waals surface area (Å²) < 4.78 is 0. The van der Waals surface area contributed by atoms with Gasteiger partial charge < -0.3 is 5.11 Å². The van der Waals surface area contributed by atoms with Gasteiger partial charge in [-0.3, -0.25) is 4.79 Å². The number of hydrogen-bond acceptors (Lipinski definition) is 1. The Balaban J connectivity index is 2.25. The molecule has 0 spiro atoms. The molecule has 0 radical (unpaired) electrons. The van der Waals surface area contributed by atoms with Crippen LogP contribution in [-0.2, 0) is 4.79 Å². The fourth-order valence-electron chi connectivity index (χ4n) is 3.87. The van der Waals surface area contributed by atoms with Gasteiger partial charge in [0.15, 0.2) is 0 Å². The average Bonchev–Trinajstić information content (AvgIpc) is 3.02. The first-order valence-electron chi connectivity index (χ1n) is 10.2. The second kappa shape index (κ2) is 13.3. The monoisotopic (exact) mass is 334 g/mol. The number of hydrogen-bond donors (Lipinski definition) is 1. The summed E-state index contributed by atoms with van der Waals surface area (Å²) in [7, 11) is 0. The molecule has 0 aliphatic heterocycles. The minimum atomic E-state index is -0.688. The molecule has 2 heteroatoms. The van der Waals surface area contributed by atoms with Crippen LogP contribution in [0.1, 0.15) is 90.9 Å². The molecule has 0 heterocycles. The van der Waals surface area contributed by atoms with E-state index in [1.54, 1.807) is 0 Å². The molecule has 138 valence electrons. The molecule has 1 saturated carbocycles. The second-order valence-corrected chi connectivity index (χ2v) is 7.46. The minimum absolute atomic E-state index is 0.284. The van der Waals surface area contributed by atoms with Crippen molar-refractivity contribution in [1.29, 1.82) is 0 Å². The highest BCUT2D eigenvalue weighted by atomic mass is 16.4. The van der Waals surface area contributed by atoms with Crippen molar-refractivity contribution in [1.82, 2.24) is 0 Å². The summed E-state index contributed by atoms with van der Waals surface area (Å²) in [6, 6.07) is 0. The van der Waals surface area contributed by atoms with E-state index in [1.807, 2.05) is 0 Å². The highest BCUT2D eigenvalue weighted by Gasteiger charge is 2.28. The van der Waals surface area contributed by atoms with Crippen molar-refractivity contribution in [3.8, 4) is 0 Å². The Labute approximate surface area is 149 Å². The Morgan fingerprint density at radius 2 is 1.83 bits per heavy atom. The van der Waals surface area contributed by atoms with Gasteiger partial charge in [-0.15, -0.1) is 0 Å². The quantitative estimate of drug-likeness (QED) is 0.298. The van der Waals surface area contributed by atoms with E-state index < -0.39 is 5.97 Å². The van der Waals surface area contributed by atoms with Crippen molar-refractivity contribution in [2.45, 2.75) is 90.9 Å². The highest BCUT2D eigenvalue weighted by Crippen LogP contribution is 2.38. The van der Waals surface area contributed by atoms with Crippen LogP contribution in [-0.4, -0.2) is 11.1 Å². The third kappa shape index (κ3) is 9.30. The maximum Gasteiger partial charge on any atom is 0.303 e. The van der Waals surface area contributed by atoms with Crippen molar-refractivity contribution in [3.05, 3.63) is 24.3 Å². The second-order valence-electron chi connectivity index (χ2n) is 7.46. The van der Waals surface area contributed by atoms with Crippen LogP contribution in [0.2, 0.25) is 0 Å². The number of rotatable bonds is 13. The molecule has 0 saturated heterocycles. The molecule has 1 unspecified atom stereocenters. The van der Waals surface area contributed by atoms with Gasteiger partial charge in [0.1, 0.15) is 0 Å². The van der Waals surface area contributed by atoms with Crippen molar-refractivity contribution >= 4 is 5.97 Å². The summed E-state index contributed by atoms with van der Waals surface area (Å²) in [5.41, 5.74) is 0. The Hall–Kier alpha value is -1.05. The number of unbranched alkanes of at least 4 members (excludes halogenated alkanes) is 6. The maximum atomic E-state index is 10.5. The van der Waals surface area contributed by atoms with E-state index in [9.17, 15) is 4.79 Å². The van der Waals surface area contributed by atoms with Crippen molar-refractivity contribution in [3.63, 3.8) is 0 Å². The molecule has 0 amide bonds. The molecule has 2 nitrogen and oxygen atoms in total. The van der Waals surface area contributed by atoms with E-state index in [0.29, 0.717) is 5.92 Å².